The van der Waals surface area contributed by atoms with Gasteiger partial charge < -0.3 is 9.47 Å². The zero-order valence-electron chi connectivity index (χ0n) is 9.77. The molecule has 1 aliphatic rings. The number of Topliss-reactive ketones (excluding diaryl/α,β-unsaturated/α-hetero) is 1. The molecule has 0 spiro atoms. The van der Waals surface area contributed by atoms with E-state index in [-0.39, 0.29) is 5.92 Å². The summed E-state index contributed by atoms with van der Waals surface area (Å²) in [6, 6.07) is 0. The number of rotatable bonds is 3. The third-order valence-corrected chi connectivity index (χ3v) is 1.95. The maximum Gasteiger partial charge on any atom is 0.331 e. The maximum atomic E-state index is 11.6. The SMILES string of the molecule is CC(C)[CH]C(=O)C1C(=O)OC(C)(C)OC1=O. The van der Waals surface area contributed by atoms with Crippen LogP contribution in [0.25, 0.3) is 0 Å². The van der Waals surface area contributed by atoms with Crippen molar-refractivity contribution in [1.82, 2.24) is 0 Å². The average Bonchev–Trinajstić information content (AvgIpc) is 1.96. The van der Waals surface area contributed by atoms with Crippen LogP contribution >= 0.6 is 0 Å². The van der Waals surface area contributed by atoms with Gasteiger partial charge in [0, 0.05) is 20.3 Å². The van der Waals surface area contributed by atoms with Gasteiger partial charge in [-0.25, -0.2) is 0 Å². The molecule has 0 N–H and O–H groups in total. The molecule has 1 saturated heterocycles. The molecule has 5 nitrogen and oxygen atoms in total. The number of ketones is 1. The summed E-state index contributed by atoms with van der Waals surface area (Å²) in [7, 11) is 0. The Labute approximate surface area is 94.1 Å². The van der Waals surface area contributed by atoms with Gasteiger partial charge in [0.25, 0.3) is 5.79 Å². The number of carbonyl (C=O) groups excluding carboxylic acids is 3. The van der Waals surface area contributed by atoms with E-state index in [1.165, 1.54) is 20.3 Å². The Kier molecular flexibility index (Phi) is 3.35. The number of carbonyl (C=O) groups is 3. The van der Waals surface area contributed by atoms with Gasteiger partial charge in [-0.3, -0.25) is 14.4 Å². The largest absolute Gasteiger partial charge is 0.422 e. The van der Waals surface area contributed by atoms with E-state index in [0.717, 1.165) is 0 Å². The van der Waals surface area contributed by atoms with E-state index in [1.807, 2.05) is 0 Å². The van der Waals surface area contributed by atoms with E-state index in [2.05, 4.69) is 0 Å². The van der Waals surface area contributed by atoms with Crippen molar-refractivity contribution in [3.8, 4) is 0 Å². The second kappa shape index (κ2) is 4.23. The molecular weight excluding hydrogens is 212 g/mol. The van der Waals surface area contributed by atoms with Crippen molar-refractivity contribution in [1.29, 1.82) is 0 Å². The average molecular weight is 227 g/mol. The van der Waals surface area contributed by atoms with Crippen molar-refractivity contribution in [3.05, 3.63) is 6.42 Å². The van der Waals surface area contributed by atoms with Gasteiger partial charge in [-0.15, -0.1) is 0 Å². The van der Waals surface area contributed by atoms with Gasteiger partial charge in [0.05, 0.1) is 0 Å². The van der Waals surface area contributed by atoms with Crippen molar-refractivity contribution < 1.29 is 23.9 Å². The third-order valence-electron chi connectivity index (χ3n) is 1.95. The van der Waals surface area contributed by atoms with Gasteiger partial charge in [0.2, 0.25) is 5.92 Å². The molecule has 0 aromatic heterocycles. The van der Waals surface area contributed by atoms with Crippen LogP contribution in [-0.4, -0.2) is 23.5 Å². The first kappa shape index (κ1) is 12.7. The molecule has 1 radical (unpaired) electrons. The van der Waals surface area contributed by atoms with E-state index in [4.69, 9.17) is 9.47 Å². The van der Waals surface area contributed by atoms with Crippen molar-refractivity contribution in [3.63, 3.8) is 0 Å². The minimum absolute atomic E-state index is 0.0389. The molecule has 0 aromatic rings. The fraction of sp³-hybridized carbons (Fsp3) is 0.636. The predicted molar refractivity (Wildman–Crippen MR) is 53.9 cm³/mol. The van der Waals surface area contributed by atoms with Gasteiger partial charge in [-0.1, -0.05) is 13.8 Å². The van der Waals surface area contributed by atoms with Crippen LogP contribution in [0.5, 0.6) is 0 Å². The van der Waals surface area contributed by atoms with Crippen LogP contribution in [0.4, 0.5) is 0 Å². The number of cyclic esters (lactones) is 2. The molecule has 0 aliphatic carbocycles. The Hall–Kier alpha value is -1.39. The molecule has 0 aromatic carbocycles. The Balaban J connectivity index is 2.79. The molecule has 89 valence electrons. The quantitative estimate of drug-likeness (QED) is 0.528. The molecule has 1 rings (SSSR count). The summed E-state index contributed by atoms with van der Waals surface area (Å²) in [5, 5.41) is 0. The Morgan fingerprint density at radius 1 is 1.25 bits per heavy atom. The van der Waals surface area contributed by atoms with Crippen LogP contribution < -0.4 is 0 Å². The highest BCUT2D eigenvalue weighted by atomic mass is 16.7. The molecule has 16 heavy (non-hydrogen) atoms. The normalized spacial score (nSPS) is 20.6. The lowest BCUT2D eigenvalue weighted by molar-refractivity contribution is -0.238. The molecule has 0 amide bonds. The highest BCUT2D eigenvalue weighted by Gasteiger charge is 2.46. The Bertz CT molecular complexity index is 298. The lowest BCUT2D eigenvalue weighted by Gasteiger charge is -2.32. The van der Waals surface area contributed by atoms with Crippen LogP contribution in [0, 0.1) is 18.3 Å². The number of esters is 2. The predicted octanol–water partition coefficient (Wildman–Crippen LogP) is 0.868. The summed E-state index contributed by atoms with van der Waals surface area (Å²) in [5.41, 5.74) is 0. The first-order chi connectivity index (χ1) is 7.23. The fourth-order valence-electron chi connectivity index (χ4n) is 1.38. The molecule has 1 aliphatic heterocycles. The van der Waals surface area contributed by atoms with Gasteiger partial charge in [-0.2, -0.15) is 0 Å². The van der Waals surface area contributed by atoms with Crippen LogP contribution in [-0.2, 0) is 23.9 Å². The number of hydrogen-bond donors (Lipinski definition) is 0. The maximum absolute atomic E-state index is 11.6. The van der Waals surface area contributed by atoms with Gasteiger partial charge in [0.15, 0.2) is 5.78 Å². The topological polar surface area (TPSA) is 69.7 Å². The van der Waals surface area contributed by atoms with Gasteiger partial charge in [-0.05, 0) is 5.92 Å². The molecule has 0 saturated carbocycles. The zero-order chi connectivity index (χ0) is 12.5. The molecule has 0 unspecified atom stereocenters. The van der Waals surface area contributed by atoms with Crippen molar-refractivity contribution in [2.45, 2.75) is 33.5 Å². The summed E-state index contributed by atoms with van der Waals surface area (Å²) in [4.78, 5) is 34.5. The second-order valence-corrected chi connectivity index (χ2v) is 4.49. The van der Waals surface area contributed by atoms with E-state index in [0.29, 0.717) is 0 Å². The lowest BCUT2D eigenvalue weighted by Crippen LogP contribution is -2.49. The third kappa shape index (κ3) is 2.81. The van der Waals surface area contributed by atoms with Crippen molar-refractivity contribution in [2.24, 2.45) is 11.8 Å². The second-order valence-electron chi connectivity index (χ2n) is 4.49. The Morgan fingerprint density at radius 2 is 1.69 bits per heavy atom. The summed E-state index contributed by atoms with van der Waals surface area (Å²) in [6.45, 7) is 6.44. The van der Waals surface area contributed by atoms with E-state index in [1.54, 1.807) is 13.8 Å². The lowest BCUT2D eigenvalue weighted by atomic mass is 9.95. The smallest absolute Gasteiger partial charge is 0.331 e. The molecule has 0 atom stereocenters. The fourth-order valence-corrected chi connectivity index (χ4v) is 1.38. The van der Waals surface area contributed by atoms with Gasteiger partial charge in [0.1, 0.15) is 0 Å². The number of hydrogen-bond acceptors (Lipinski definition) is 5. The van der Waals surface area contributed by atoms with E-state index < -0.39 is 29.4 Å². The zero-order valence-corrected chi connectivity index (χ0v) is 9.77. The summed E-state index contributed by atoms with van der Waals surface area (Å²) >= 11 is 0. The Morgan fingerprint density at radius 3 is 2.06 bits per heavy atom. The molecule has 5 heteroatoms. The summed E-state index contributed by atoms with van der Waals surface area (Å²) in [5.74, 6) is -5.05. The first-order valence-corrected chi connectivity index (χ1v) is 5.07. The van der Waals surface area contributed by atoms with Crippen LogP contribution in [0.2, 0.25) is 0 Å². The first-order valence-electron chi connectivity index (χ1n) is 5.07. The van der Waals surface area contributed by atoms with E-state index in [9.17, 15) is 14.4 Å². The minimum Gasteiger partial charge on any atom is -0.422 e. The highest BCUT2D eigenvalue weighted by molar-refractivity contribution is 6.18. The molecule has 1 fully saturated rings. The van der Waals surface area contributed by atoms with Crippen LogP contribution in [0.15, 0.2) is 0 Å². The van der Waals surface area contributed by atoms with Crippen molar-refractivity contribution in [2.75, 3.05) is 0 Å². The molecular formula is C11H15O5. The molecule has 1 heterocycles. The number of ether oxygens (including phenoxy) is 2. The minimum atomic E-state index is -1.46. The van der Waals surface area contributed by atoms with Crippen LogP contribution in [0.1, 0.15) is 27.7 Å². The standard InChI is InChI=1S/C11H15O5/c1-6(2)5-7(12)8-9(13)15-11(3,4)16-10(8)14/h5-6,8H,1-4H3. The summed E-state index contributed by atoms with van der Waals surface area (Å²) in [6.07, 6.45) is 1.31. The van der Waals surface area contributed by atoms with Crippen LogP contribution in [0.3, 0.4) is 0 Å². The molecule has 0 bridgehead atoms. The van der Waals surface area contributed by atoms with Gasteiger partial charge >= 0.3 is 11.9 Å². The highest BCUT2D eigenvalue weighted by Crippen LogP contribution is 2.24. The van der Waals surface area contributed by atoms with Crippen molar-refractivity contribution >= 4 is 17.7 Å². The van der Waals surface area contributed by atoms with E-state index >= 15 is 0 Å². The monoisotopic (exact) mass is 227 g/mol. The summed E-state index contributed by atoms with van der Waals surface area (Å²) < 4.78 is 9.67.